The molecule has 0 aromatic carbocycles. The Kier molecular flexibility index (Phi) is 3.87. The Labute approximate surface area is 121 Å². The van der Waals surface area contributed by atoms with Gasteiger partial charge in [-0.1, -0.05) is 12.8 Å². The van der Waals surface area contributed by atoms with Gasteiger partial charge in [0, 0.05) is 32.1 Å². The summed E-state index contributed by atoms with van der Waals surface area (Å²) in [5, 5.41) is 15.3. The van der Waals surface area contributed by atoms with Crippen molar-refractivity contribution in [1.29, 1.82) is 0 Å². The fraction of sp³-hybridized carbons (Fsp3) is 0.812. The Morgan fingerprint density at radius 2 is 2.25 bits per heavy atom. The third-order valence-corrected chi connectivity index (χ3v) is 5.18. The van der Waals surface area contributed by atoms with Gasteiger partial charge in [0.2, 0.25) is 0 Å². The van der Waals surface area contributed by atoms with Crippen LogP contribution in [-0.4, -0.2) is 38.5 Å². The number of likely N-dealkylation sites (tertiary alicyclic amines) is 1. The molecule has 1 aromatic rings. The first-order valence-electron chi connectivity index (χ1n) is 8.09. The van der Waals surface area contributed by atoms with Gasteiger partial charge in [-0.3, -0.25) is 9.58 Å². The Hall–Kier alpha value is -0.870. The minimum Gasteiger partial charge on any atom is -0.390 e. The first-order valence-corrected chi connectivity index (χ1v) is 8.09. The molecule has 2 aliphatic rings. The van der Waals surface area contributed by atoms with E-state index in [2.05, 4.69) is 34.6 Å². The van der Waals surface area contributed by atoms with E-state index < -0.39 is 0 Å². The van der Waals surface area contributed by atoms with E-state index in [9.17, 15) is 5.11 Å². The number of nitrogens with zero attached hydrogens (tertiary/aromatic N) is 3. The molecule has 0 bridgehead atoms. The van der Waals surface area contributed by atoms with E-state index in [1.165, 1.54) is 25.0 Å². The van der Waals surface area contributed by atoms with E-state index in [-0.39, 0.29) is 5.60 Å². The van der Waals surface area contributed by atoms with Gasteiger partial charge < -0.3 is 5.11 Å². The summed E-state index contributed by atoms with van der Waals surface area (Å²) < 4.78 is 2.11. The van der Waals surface area contributed by atoms with Crippen molar-refractivity contribution >= 4 is 0 Å². The number of rotatable bonds is 3. The predicted octanol–water partition coefficient (Wildman–Crippen LogP) is 2.34. The second-order valence-electron chi connectivity index (χ2n) is 6.62. The maximum atomic E-state index is 10.7. The molecule has 1 saturated carbocycles. The topological polar surface area (TPSA) is 41.3 Å². The molecule has 1 aromatic heterocycles. The van der Waals surface area contributed by atoms with Gasteiger partial charge >= 0.3 is 0 Å². The Balaban J connectivity index is 1.67. The average molecular weight is 277 g/mol. The number of hydrogen-bond donors (Lipinski definition) is 1. The van der Waals surface area contributed by atoms with Crippen LogP contribution < -0.4 is 0 Å². The first kappa shape index (κ1) is 14.1. The SMILES string of the molecule is CCn1nc(C)cc1CN1CCC2(O)CCCCC2C1. The Morgan fingerprint density at radius 3 is 3.05 bits per heavy atom. The summed E-state index contributed by atoms with van der Waals surface area (Å²) in [6.45, 7) is 8.18. The molecular formula is C16H27N3O. The molecule has 4 nitrogen and oxygen atoms in total. The van der Waals surface area contributed by atoms with Gasteiger partial charge in [0.05, 0.1) is 17.0 Å². The summed E-state index contributed by atoms with van der Waals surface area (Å²) in [6, 6.07) is 2.20. The zero-order valence-electron chi connectivity index (χ0n) is 12.8. The molecule has 20 heavy (non-hydrogen) atoms. The third-order valence-electron chi connectivity index (χ3n) is 5.18. The molecule has 2 heterocycles. The highest BCUT2D eigenvalue weighted by Gasteiger charge is 2.42. The summed E-state index contributed by atoms with van der Waals surface area (Å²) >= 11 is 0. The van der Waals surface area contributed by atoms with Crippen LogP contribution >= 0.6 is 0 Å². The van der Waals surface area contributed by atoms with Crippen molar-refractivity contribution in [2.45, 2.75) is 64.6 Å². The van der Waals surface area contributed by atoms with Crippen LogP contribution in [0.1, 0.15) is 50.4 Å². The Bertz CT molecular complexity index is 470. The number of aromatic nitrogens is 2. The molecule has 112 valence electrons. The van der Waals surface area contributed by atoms with Crippen LogP contribution in [0.5, 0.6) is 0 Å². The second kappa shape index (κ2) is 5.49. The number of aliphatic hydroxyl groups is 1. The smallest absolute Gasteiger partial charge is 0.0700 e. The molecule has 1 aliphatic heterocycles. The van der Waals surface area contributed by atoms with Gasteiger partial charge in [0.25, 0.3) is 0 Å². The first-order chi connectivity index (χ1) is 9.60. The number of fused-ring (bicyclic) bond motifs is 1. The van der Waals surface area contributed by atoms with Gasteiger partial charge in [0.1, 0.15) is 0 Å². The minimum atomic E-state index is -0.365. The standard InChI is InChI=1S/C16H27N3O/c1-3-19-15(10-13(2)17-19)12-18-9-8-16(20)7-5-4-6-14(16)11-18/h10,14,20H,3-9,11-12H2,1-2H3. The van der Waals surface area contributed by atoms with Crippen LogP contribution in [-0.2, 0) is 13.1 Å². The maximum absolute atomic E-state index is 10.7. The molecule has 2 unspecified atom stereocenters. The molecule has 2 fully saturated rings. The van der Waals surface area contributed by atoms with Crippen molar-refractivity contribution < 1.29 is 5.11 Å². The van der Waals surface area contributed by atoms with Crippen LogP contribution in [0, 0.1) is 12.8 Å². The molecule has 1 saturated heterocycles. The monoisotopic (exact) mass is 277 g/mol. The molecule has 0 amide bonds. The fourth-order valence-corrected chi connectivity index (χ4v) is 4.01. The largest absolute Gasteiger partial charge is 0.390 e. The molecule has 4 heteroatoms. The van der Waals surface area contributed by atoms with E-state index in [1.54, 1.807) is 0 Å². The third kappa shape index (κ3) is 2.63. The van der Waals surface area contributed by atoms with Gasteiger partial charge in [-0.15, -0.1) is 0 Å². The van der Waals surface area contributed by atoms with E-state index in [0.29, 0.717) is 5.92 Å². The quantitative estimate of drug-likeness (QED) is 0.922. The average Bonchev–Trinajstić information content (AvgIpc) is 2.79. The normalized spacial score (nSPS) is 31.2. The molecular weight excluding hydrogens is 250 g/mol. The highest BCUT2D eigenvalue weighted by Crippen LogP contribution is 2.40. The lowest BCUT2D eigenvalue weighted by Gasteiger charge is -2.47. The second-order valence-corrected chi connectivity index (χ2v) is 6.62. The zero-order valence-corrected chi connectivity index (χ0v) is 12.8. The summed E-state index contributed by atoms with van der Waals surface area (Å²) in [6.07, 6.45) is 5.63. The van der Waals surface area contributed by atoms with Crippen molar-refractivity contribution in [1.82, 2.24) is 14.7 Å². The van der Waals surface area contributed by atoms with E-state index in [1.807, 2.05) is 0 Å². The molecule has 0 radical (unpaired) electrons. The van der Waals surface area contributed by atoms with Crippen molar-refractivity contribution in [3.8, 4) is 0 Å². The van der Waals surface area contributed by atoms with Gasteiger partial charge in [-0.25, -0.2) is 0 Å². The van der Waals surface area contributed by atoms with Crippen molar-refractivity contribution in [3.05, 3.63) is 17.5 Å². The highest BCUT2D eigenvalue weighted by molar-refractivity contribution is 5.09. The maximum Gasteiger partial charge on any atom is 0.0700 e. The summed E-state index contributed by atoms with van der Waals surface area (Å²) in [4.78, 5) is 2.51. The predicted molar refractivity (Wildman–Crippen MR) is 79.4 cm³/mol. The number of hydrogen-bond acceptors (Lipinski definition) is 3. The van der Waals surface area contributed by atoms with Crippen LogP contribution in [0.25, 0.3) is 0 Å². The number of piperidine rings is 1. The van der Waals surface area contributed by atoms with Crippen LogP contribution in [0.4, 0.5) is 0 Å². The van der Waals surface area contributed by atoms with Crippen molar-refractivity contribution in [3.63, 3.8) is 0 Å². The van der Waals surface area contributed by atoms with Gasteiger partial charge in [-0.05, 0) is 39.2 Å². The van der Waals surface area contributed by atoms with Crippen molar-refractivity contribution in [2.75, 3.05) is 13.1 Å². The lowest BCUT2D eigenvalue weighted by molar-refractivity contribution is -0.0971. The molecule has 1 aliphatic carbocycles. The minimum absolute atomic E-state index is 0.365. The summed E-state index contributed by atoms with van der Waals surface area (Å²) in [5.74, 6) is 0.476. The summed E-state index contributed by atoms with van der Waals surface area (Å²) in [5.41, 5.74) is 2.05. The van der Waals surface area contributed by atoms with Gasteiger partial charge in [-0.2, -0.15) is 5.10 Å². The zero-order chi connectivity index (χ0) is 14.2. The highest BCUT2D eigenvalue weighted by atomic mass is 16.3. The fourth-order valence-electron chi connectivity index (χ4n) is 4.01. The van der Waals surface area contributed by atoms with E-state index >= 15 is 0 Å². The Morgan fingerprint density at radius 1 is 1.40 bits per heavy atom. The lowest BCUT2D eigenvalue weighted by atomic mass is 9.71. The van der Waals surface area contributed by atoms with Crippen LogP contribution in [0.15, 0.2) is 6.07 Å². The molecule has 1 N–H and O–H groups in total. The summed E-state index contributed by atoms with van der Waals surface area (Å²) in [7, 11) is 0. The van der Waals surface area contributed by atoms with Crippen LogP contribution in [0.2, 0.25) is 0 Å². The molecule has 2 atom stereocenters. The van der Waals surface area contributed by atoms with Crippen molar-refractivity contribution in [2.24, 2.45) is 5.92 Å². The molecule has 0 spiro atoms. The van der Waals surface area contributed by atoms with Gasteiger partial charge in [0.15, 0.2) is 0 Å². The van der Waals surface area contributed by atoms with E-state index in [4.69, 9.17) is 0 Å². The van der Waals surface area contributed by atoms with E-state index in [0.717, 1.165) is 44.7 Å². The molecule has 3 rings (SSSR count). The lowest BCUT2D eigenvalue weighted by Crippen LogP contribution is -2.53. The number of aryl methyl sites for hydroxylation is 2. The van der Waals surface area contributed by atoms with Crippen LogP contribution in [0.3, 0.4) is 0 Å².